The second-order valence-electron chi connectivity index (χ2n) is 6.42. The molecule has 1 amide bonds. The van der Waals surface area contributed by atoms with Gasteiger partial charge in [-0.2, -0.15) is 0 Å². The number of carbonyl (C=O) groups excluding carboxylic acids is 1. The number of carbonyl (C=O) groups is 1. The van der Waals surface area contributed by atoms with Crippen molar-refractivity contribution in [1.82, 2.24) is 0 Å². The maximum atomic E-state index is 12.9. The molecule has 0 bridgehead atoms. The van der Waals surface area contributed by atoms with Crippen LogP contribution in [-0.2, 0) is 21.2 Å². The van der Waals surface area contributed by atoms with Crippen molar-refractivity contribution >= 4 is 43.2 Å². The monoisotopic (exact) mass is 452 g/mol. The molecule has 0 spiro atoms. The number of nitrogens with zero attached hydrogens (tertiary/aromatic N) is 1. The maximum absolute atomic E-state index is 12.9. The third-order valence-electron chi connectivity index (χ3n) is 4.40. The number of hydrogen-bond donors (Lipinski definition) is 1. The summed E-state index contributed by atoms with van der Waals surface area (Å²) < 4.78 is 34.2. The smallest absolute Gasteiger partial charge is 0.263 e. The largest absolute Gasteiger partial charge is 0.494 e. The minimum absolute atomic E-state index is 0.00132. The number of ether oxygens (including phenoxy) is 1. The number of anilines is 2. The highest BCUT2D eigenvalue weighted by atomic mass is 79.9. The van der Waals surface area contributed by atoms with Crippen LogP contribution in [-0.4, -0.2) is 27.0 Å². The Morgan fingerprint density at radius 3 is 2.56 bits per heavy atom. The van der Waals surface area contributed by atoms with Gasteiger partial charge in [-0.05, 0) is 78.2 Å². The fraction of sp³-hybridized carbons (Fsp3) is 0.316. The van der Waals surface area contributed by atoms with Crippen LogP contribution in [0.15, 0.2) is 45.8 Å². The third kappa shape index (κ3) is 3.96. The van der Waals surface area contributed by atoms with E-state index in [9.17, 15) is 13.2 Å². The summed E-state index contributed by atoms with van der Waals surface area (Å²) in [4.78, 5) is 13.7. The fourth-order valence-electron chi connectivity index (χ4n) is 3.30. The van der Waals surface area contributed by atoms with Gasteiger partial charge < -0.3 is 9.64 Å². The van der Waals surface area contributed by atoms with E-state index in [2.05, 4.69) is 20.7 Å². The van der Waals surface area contributed by atoms with Crippen molar-refractivity contribution in [3.63, 3.8) is 0 Å². The van der Waals surface area contributed by atoms with Crippen LogP contribution >= 0.6 is 15.9 Å². The summed E-state index contributed by atoms with van der Waals surface area (Å²) in [6.07, 6.45) is 0.695. The van der Waals surface area contributed by atoms with Gasteiger partial charge >= 0.3 is 0 Å². The molecule has 1 unspecified atom stereocenters. The van der Waals surface area contributed by atoms with Crippen LogP contribution in [0.2, 0.25) is 0 Å². The van der Waals surface area contributed by atoms with Gasteiger partial charge in [-0.15, -0.1) is 0 Å². The number of sulfonamides is 1. The molecule has 2 aromatic carbocycles. The van der Waals surface area contributed by atoms with Gasteiger partial charge in [-0.3, -0.25) is 9.52 Å². The molecule has 0 saturated heterocycles. The van der Waals surface area contributed by atoms with E-state index in [1.54, 1.807) is 41.3 Å². The Balaban J connectivity index is 1.94. The van der Waals surface area contributed by atoms with Gasteiger partial charge in [0.05, 0.1) is 6.61 Å². The van der Waals surface area contributed by atoms with Crippen LogP contribution in [0.4, 0.5) is 11.4 Å². The van der Waals surface area contributed by atoms with Crippen LogP contribution in [0.5, 0.6) is 5.75 Å². The van der Waals surface area contributed by atoms with Crippen molar-refractivity contribution in [3.05, 3.63) is 46.4 Å². The molecule has 8 heteroatoms. The van der Waals surface area contributed by atoms with Crippen LogP contribution in [0.1, 0.15) is 26.3 Å². The number of benzene rings is 2. The zero-order valence-electron chi connectivity index (χ0n) is 15.3. The van der Waals surface area contributed by atoms with Crippen molar-refractivity contribution in [3.8, 4) is 5.75 Å². The van der Waals surface area contributed by atoms with E-state index < -0.39 is 10.0 Å². The number of nitrogens with one attached hydrogen (secondary N) is 1. The minimum atomic E-state index is -3.83. The van der Waals surface area contributed by atoms with Crippen molar-refractivity contribution in [2.75, 3.05) is 16.2 Å². The Labute approximate surface area is 167 Å². The van der Waals surface area contributed by atoms with E-state index in [-0.39, 0.29) is 16.8 Å². The van der Waals surface area contributed by atoms with E-state index in [0.29, 0.717) is 34.6 Å². The van der Waals surface area contributed by atoms with Crippen LogP contribution < -0.4 is 14.4 Å². The van der Waals surface area contributed by atoms with Gasteiger partial charge in [-0.1, -0.05) is 0 Å². The second kappa shape index (κ2) is 7.52. The Bertz CT molecular complexity index is 974. The predicted molar refractivity (Wildman–Crippen MR) is 109 cm³/mol. The predicted octanol–water partition coefficient (Wildman–Crippen LogP) is 3.95. The summed E-state index contributed by atoms with van der Waals surface area (Å²) in [5, 5.41) is 0. The van der Waals surface area contributed by atoms with Crippen molar-refractivity contribution in [2.45, 2.75) is 38.1 Å². The highest BCUT2D eigenvalue weighted by Gasteiger charge is 2.32. The van der Waals surface area contributed by atoms with Crippen LogP contribution in [0.25, 0.3) is 0 Å². The van der Waals surface area contributed by atoms with Gasteiger partial charge in [0.2, 0.25) is 5.91 Å². The number of rotatable bonds is 5. The summed E-state index contributed by atoms with van der Waals surface area (Å²) in [7, 11) is -3.83. The standard InChI is InChI=1S/C19H21BrN2O4S/c1-4-26-16-7-5-15(6-8-16)21-27(24,25)19-11-18-14(10-17(19)20)9-12(2)22(18)13(3)23/h5-8,10-12,21H,4,9H2,1-3H3. The zero-order chi connectivity index (χ0) is 19.8. The molecule has 1 N–H and O–H groups in total. The lowest BCUT2D eigenvalue weighted by atomic mass is 10.1. The first-order valence-electron chi connectivity index (χ1n) is 8.61. The summed E-state index contributed by atoms with van der Waals surface area (Å²) in [5.41, 5.74) is 2.03. The minimum Gasteiger partial charge on any atom is -0.494 e. The lowest BCUT2D eigenvalue weighted by molar-refractivity contribution is -0.116. The van der Waals surface area contributed by atoms with E-state index in [1.807, 2.05) is 13.8 Å². The van der Waals surface area contributed by atoms with Gasteiger partial charge in [0.25, 0.3) is 10.0 Å². The molecular formula is C19H21BrN2O4S. The molecule has 1 atom stereocenters. The molecule has 27 heavy (non-hydrogen) atoms. The SMILES string of the molecule is CCOc1ccc(NS(=O)(=O)c2cc3c(cc2Br)CC(C)N3C(C)=O)cc1. The Hall–Kier alpha value is -2.06. The lowest BCUT2D eigenvalue weighted by Gasteiger charge is -2.21. The Morgan fingerprint density at radius 1 is 1.30 bits per heavy atom. The van der Waals surface area contributed by atoms with E-state index in [1.165, 1.54) is 6.92 Å². The molecule has 0 aliphatic carbocycles. The van der Waals surface area contributed by atoms with Gasteiger partial charge in [-0.25, -0.2) is 8.42 Å². The second-order valence-corrected chi connectivity index (χ2v) is 8.92. The molecule has 3 rings (SSSR count). The summed E-state index contributed by atoms with van der Waals surface area (Å²) in [5.74, 6) is 0.566. The molecule has 1 aliphatic rings. The normalized spacial score (nSPS) is 16.1. The van der Waals surface area contributed by atoms with Crippen LogP contribution in [0, 0.1) is 0 Å². The zero-order valence-corrected chi connectivity index (χ0v) is 17.7. The van der Waals surface area contributed by atoms with Crippen LogP contribution in [0.3, 0.4) is 0 Å². The van der Waals surface area contributed by atoms with Gasteiger partial charge in [0, 0.05) is 28.8 Å². The first kappa shape index (κ1) is 19.7. The van der Waals surface area contributed by atoms with Crippen molar-refractivity contribution in [2.24, 2.45) is 0 Å². The molecule has 1 aliphatic heterocycles. The number of amides is 1. The van der Waals surface area contributed by atoms with Gasteiger partial charge in [0.15, 0.2) is 0 Å². The third-order valence-corrected chi connectivity index (χ3v) is 6.73. The quantitative estimate of drug-likeness (QED) is 0.744. The van der Waals surface area contributed by atoms with E-state index >= 15 is 0 Å². The Morgan fingerprint density at radius 2 is 1.96 bits per heavy atom. The average Bonchev–Trinajstić information content (AvgIpc) is 2.90. The maximum Gasteiger partial charge on any atom is 0.263 e. The first-order chi connectivity index (χ1) is 12.7. The molecule has 0 aromatic heterocycles. The van der Waals surface area contributed by atoms with Gasteiger partial charge in [0.1, 0.15) is 10.6 Å². The molecule has 6 nitrogen and oxygen atoms in total. The lowest BCUT2D eigenvalue weighted by Crippen LogP contribution is -2.33. The topological polar surface area (TPSA) is 75.7 Å². The molecule has 144 valence electrons. The number of hydrogen-bond acceptors (Lipinski definition) is 4. The van der Waals surface area contributed by atoms with E-state index in [0.717, 1.165) is 5.56 Å². The highest BCUT2D eigenvalue weighted by molar-refractivity contribution is 9.10. The average molecular weight is 453 g/mol. The first-order valence-corrected chi connectivity index (χ1v) is 10.9. The molecule has 1 heterocycles. The molecule has 0 saturated carbocycles. The molecular weight excluding hydrogens is 432 g/mol. The summed E-state index contributed by atoms with van der Waals surface area (Å²) in [6.45, 7) is 5.85. The molecule has 0 radical (unpaired) electrons. The summed E-state index contributed by atoms with van der Waals surface area (Å²) >= 11 is 3.37. The molecule has 2 aromatic rings. The number of halogens is 1. The Kier molecular flexibility index (Phi) is 5.48. The van der Waals surface area contributed by atoms with Crippen molar-refractivity contribution < 1.29 is 17.9 Å². The van der Waals surface area contributed by atoms with Crippen molar-refractivity contribution in [1.29, 1.82) is 0 Å². The highest BCUT2D eigenvalue weighted by Crippen LogP contribution is 2.38. The fourth-order valence-corrected chi connectivity index (χ4v) is 5.47. The molecule has 0 fully saturated rings. The number of fused-ring (bicyclic) bond motifs is 1. The van der Waals surface area contributed by atoms with E-state index in [4.69, 9.17) is 4.74 Å². The summed E-state index contributed by atoms with van der Waals surface area (Å²) in [6, 6.07) is 10.0.